The highest BCUT2D eigenvalue weighted by Crippen LogP contribution is 2.23. The zero-order valence-corrected chi connectivity index (χ0v) is 16.6. The van der Waals surface area contributed by atoms with E-state index in [1.54, 1.807) is 7.11 Å². The van der Waals surface area contributed by atoms with Gasteiger partial charge in [-0.1, -0.05) is 6.92 Å². The maximum absolute atomic E-state index is 12.3. The van der Waals surface area contributed by atoms with Crippen molar-refractivity contribution in [1.29, 1.82) is 0 Å². The summed E-state index contributed by atoms with van der Waals surface area (Å²) in [4.78, 5) is 23.7. The summed E-state index contributed by atoms with van der Waals surface area (Å²) in [6.45, 7) is 5.61. The number of ether oxygens (including phenoxy) is 2. The molecule has 0 aliphatic carbocycles. The van der Waals surface area contributed by atoms with Crippen LogP contribution in [0, 0.1) is 0 Å². The van der Waals surface area contributed by atoms with Gasteiger partial charge in [0.1, 0.15) is 12.6 Å². The summed E-state index contributed by atoms with van der Waals surface area (Å²) < 4.78 is 10.7. The van der Waals surface area contributed by atoms with Crippen LogP contribution in [-0.4, -0.2) is 78.9 Å². The number of amides is 1. The van der Waals surface area contributed by atoms with Crippen molar-refractivity contribution in [1.82, 2.24) is 14.9 Å². The second-order valence-corrected chi connectivity index (χ2v) is 7.27. The van der Waals surface area contributed by atoms with Gasteiger partial charge in [0.2, 0.25) is 5.88 Å². The second kappa shape index (κ2) is 8.19. The molecule has 1 saturated heterocycles. The van der Waals surface area contributed by atoms with Gasteiger partial charge in [-0.2, -0.15) is 4.79 Å². The van der Waals surface area contributed by atoms with E-state index in [0.29, 0.717) is 10.4 Å². The Kier molecular flexibility index (Phi) is 5.92. The highest BCUT2D eigenvalue weighted by molar-refractivity contribution is 5.78. The van der Waals surface area contributed by atoms with Crippen molar-refractivity contribution in [3.8, 4) is 5.88 Å². The summed E-state index contributed by atoms with van der Waals surface area (Å²) in [5.74, 6) is 0.604. The fourth-order valence-electron chi connectivity index (χ4n) is 3.94. The van der Waals surface area contributed by atoms with Crippen LogP contribution in [0.4, 0.5) is 4.79 Å². The Morgan fingerprint density at radius 1 is 1.33 bits per heavy atom. The van der Waals surface area contributed by atoms with Crippen LogP contribution in [0.5, 0.6) is 5.88 Å². The average molecular weight is 373 g/mol. The molecule has 0 aromatic carbocycles. The van der Waals surface area contributed by atoms with Crippen LogP contribution in [0.1, 0.15) is 18.9 Å². The van der Waals surface area contributed by atoms with Crippen molar-refractivity contribution in [2.24, 2.45) is 0 Å². The van der Waals surface area contributed by atoms with Gasteiger partial charge in [-0.05, 0) is 30.5 Å². The van der Waals surface area contributed by atoms with E-state index >= 15 is 0 Å². The Labute approximate surface area is 160 Å². The van der Waals surface area contributed by atoms with Crippen LogP contribution in [0.15, 0.2) is 24.4 Å². The summed E-state index contributed by atoms with van der Waals surface area (Å²) in [7, 11) is 5.09. The standard InChI is InChI=1S/C20H29N4O3/c1-5-16-14-23(12-13-24(16,2)20(25)27-4)11-9-15-8-10-21-17-6-7-18(26-3)22-19(15)17/h6-8,10,16H,5,9,11-14H2,1-4H3/q+1. The highest BCUT2D eigenvalue weighted by atomic mass is 16.5. The first kappa shape index (κ1) is 19.5. The van der Waals surface area contributed by atoms with E-state index in [1.165, 1.54) is 12.7 Å². The molecule has 27 heavy (non-hydrogen) atoms. The number of carbonyl (C=O) groups excluding carboxylic acids is 1. The molecular weight excluding hydrogens is 344 g/mol. The molecule has 2 atom stereocenters. The fourth-order valence-corrected chi connectivity index (χ4v) is 3.94. The van der Waals surface area contributed by atoms with Crippen molar-refractivity contribution in [2.75, 3.05) is 47.4 Å². The molecule has 1 aliphatic heterocycles. The molecule has 7 nitrogen and oxygen atoms in total. The zero-order chi connectivity index (χ0) is 19.4. The van der Waals surface area contributed by atoms with Crippen LogP contribution in [0.3, 0.4) is 0 Å². The van der Waals surface area contributed by atoms with Gasteiger partial charge >= 0.3 is 6.09 Å². The predicted octanol–water partition coefficient (Wildman–Crippen LogP) is 2.49. The van der Waals surface area contributed by atoms with E-state index in [0.717, 1.165) is 50.1 Å². The Balaban J connectivity index is 1.71. The van der Waals surface area contributed by atoms with Gasteiger partial charge < -0.3 is 9.47 Å². The van der Waals surface area contributed by atoms with Crippen molar-refractivity contribution in [2.45, 2.75) is 25.8 Å². The van der Waals surface area contributed by atoms with Gasteiger partial charge in [0.25, 0.3) is 0 Å². The van der Waals surface area contributed by atoms with Crippen LogP contribution < -0.4 is 4.74 Å². The molecule has 3 heterocycles. The lowest BCUT2D eigenvalue weighted by molar-refractivity contribution is -0.869. The molecule has 0 bridgehead atoms. The van der Waals surface area contributed by atoms with Crippen LogP contribution in [-0.2, 0) is 11.2 Å². The van der Waals surface area contributed by atoms with E-state index in [4.69, 9.17) is 9.47 Å². The van der Waals surface area contributed by atoms with Crippen LogP contribution in [0.2, 0.25) is 0 Å². The second-order valence-electron chi connectivity index (χ2n) is 7.27. The highest BCUT2D eigenvalue weighted by Gasteiger charge is 2.44. The minimum absolute atomic E-state index is 0.141. The van der Waals surface area contributed by atoms with Crippen molar-refractivity contribution >= 4 is 17.1 Å². The lowest BCUT2D eigenvalue weighted by Crippen LogP contribution is -2.66. The quantitative estimate of drug-likeness (QED) is 0.751. The third-order valence-corrected chi connectivity index (χ3v) is 5.77. The van der Waals surface area contributed by atoms with E-state index in [9.17, 15) is 4.79 Å². The SMILES string of the molecule is CCC1CN(CCc2ccnc3ccc(OC)nc23)CC[N+]1(C)C(=O)OC. The Bertz CT molecular complexity index is 813. The lowest BCUT2D eigenvalue weighted by Gasteiger charge is -2.44. The first-order valence-electron chi connectivity index (χ1n) is 9.46. The summed E-state index contributed by atoms with van der Waals surface area (Å²) in [6.07, 6.45) is 3.52. The molecule has 0 saturated carbocycles. The van der Waals surface area contributed by atoms with Crippen molar-refractivity contribution in [3.63, 3.8) is 0 Å². The van der Waals surface area contributed by atoms with Crippen LogP contribution in [0.25, 0.3) is 11.0 Å². The van der Waals surface area contributed by atoms with Crippen LogP contribution >= 0.6 is 0 Å². The number of hydrogen-bond donors (Lipinski definition) is 0. The average Bonchev–Trinajstić information content (AvgIpc) is 2.71. The first-order chi connectivity index (χ1) is 13.0. The van der Waals surface area contributed by atoms with E-state index < -0.39 is 0 Å². The van der Waals surface area contributed by atoms with Gasteiger partial charge in [-0.15, -0.1) is 0 Å². The molecule has 1 amide bonds. The zero-order valence-electron chi connectivity index (χ0n) is 16.6. The van der Waals surface area contributed by atoms with E-state index in [-0.39, 0.29) is 12.1 Å². The number of likely N-dealkylation sites (N-methyl/N-ethyl adjacent to an activating group) is 1. The molecule has 0 spiro atoms. The normalized spacial score (nSPS) is 23.3. The van der Waals surface area contributed by atoms with Gasteiger partial charge in [-0.3, -0.25) is 9.88 Å². The molecule has 0 radical (unpaired) electrons. The third-order valence-electron chi connectivity index (χ3n) is 5.77. The van der Waals surface area contributed by atoms with Gasteiger partial charge in [0.05, 0.1) is 38.8 Å². The summed E-state index contributed by atoms with van der Waals surface area (Å²) in [6, 6.07) is 6.06. The molecule has 7 heteroatoms. The molecule has 1 aliphatic rings. The third kappa shape index (κ3) is 3.89. The van der Waals surface area contributed by atoms with E-state index in [2.05, 4.69) is 21.8 Å². The van der Waals surface area contributed by atoms with Crippen molar-refractivity contribution < 1.29 is 18.8 Å². The number of rotatable bonds is 5. The van der Waals surface area contributed by atoms with Gasteiger partial charge in [-0.25, -0.2) is 9.47 Å². The number of hydrogen-bond acceptors (Lipinski definition) is 6. The number of carbonyl (C=O) groups is 1. The minimum Gasteiger partial charge on any atom is -0.481 e. The molecule has 146 valence electrons. The monoisotopic (exact) mass is 373 g/mol. The smallest absolute Gasteiger partial charge is 0.481 e. The largest absolute Gasteiger partial charge is 0.515 e. The molecule has 2 unspecified atom stereocenters. The molecule has 3 rings (SSSR count). The summed E-state index contributed by atoms with van der Waals surface area (Å²) in [5.41, 5.74) is 2.95. The molecule has 1 fully saturated rings. The Hall–Kier alpha value is -2.25. The number of pyridine rings is 2. The molecule has 2 aromatic heterocycles. The number of quaternary nitrogens is 1. The number of nitrogens with zero attached hydrogens (tertiary/aromatic N) is 4. The molecule has 0 N–H and O–H groups in total. The van der Waals surface area contributed by atoms with E-state index in [1.807, 2.05) is 31.4 Å². The topological polar surface area (TPSA) is 64.5 Å². The van der Waals surface area contributed by atoms with Gasteiger partial charge in [0, 0.05) is 25.4 Å². The maximum Gasteiger partial charge on any atom is 0.515 e. The van der Waals surface area contributed by atoms with Crippen molar-refractivity contribution in [3.05, 3.63) is 30.0 Å². The maximum atomic E-state index is 12.3. The summed E-state index contributed by atoms with van der Waals surface area (Å²) >= 11 is 0. The number of fused-ring (bicyclic) bond motifs is 1. The number of aromatic nitrogens is 2. The fraction of sp³-hybridized carbons (Fsp3) is 0.550. The summed E-state index contributed by atoms with van der Waals surface area (Å²) in [5, 5.41) is 0. The number of methoxy groups -OCH3 is 2. The first-order valence-corrected chi connectivity index (χ1v) is 9.46. The van der Waals surface area contributed by atoms with Gasteiger partial charge in [0.15, 0.2) is 0 Å². The Morgan fingerprint density at radius 2 is 2.15 bits per heavy atom. The Morgan fingerprint density at radius 3 is 2.85 bits per heavy atom. The molecule has 2 aromatic rings. The lowest BCUT2D eigenvalue weighted by atomic mass is 10.1. The molecular formula is C20H29N4O3+. The minimum atomic E-state index is -0.141. The predicted molar refractivity (Wildman–Crippen MR) is 104 cm³/mol. The number of piperazine rings is 1.